The van der Waals surface area contributed by atoms with E-state index in [2.05, 4.69) is 149 Å². The predicted octanol–water partition coefficient (Wildman–Crippen LogP) is 16.6. The van der Waals surface area contributed by atoms with Gasteiger partial charge < -0.3 is 14.2 Å². The maximum absolute atomic E-state index is 16.0. The van der Waals surface area contributed by atoms with E-state index >= 15 is 8.78 Å². The number of hydrogen-bond acceptors (Lipinski definition) is 3. The fraction of sp³-hybridized carbons (Fsp3) is 0.103. The Morgan fingerprint density at radius 1 is 0.381 bits per heavy atom. The van der Waals surface area contributed by atoms with Gasteiger partial charge in [0.15, 0.2) is 0 Å². The summed E-state index contributed by atoms with van der Waals surface area (Å²) in [4.78, 5) is 3.99. The average molecular weight is 821 g/mol. The minimum absolute atomic E-state index is 0.153. The van der Waals surface area contributed by atoms with Crippen LogP contribution in [0.3, 0.4) is 0 Å². The lowest BCUT2D eigenvalue weighted by atomic mass is 9.82. The monoisotopic (exact) mass is 820 g/mol. The second-order valence-electron chi connectivity index (χ2n) is 18.0. The van der Waals surface area contributed by atoms with Gasteiger partial charge in [-0.3, -0.25) is 0 Å². The molecule has 1 heterocycles. The van der Waals surface area contributed by atoms with Crippen LogP contribution >= 0.6 is 0 Å². The van der Waals surface area contributed by atoms with Crippen LogP contribution in [0.4, 0.5) is 42.9 Å². The number of anilines is 6. The van der Waals surface area contributed by atoms with Gasteiger partial charge in [-0.15, -0.1) is 0 Å². The normalized spacial score (nSPS) is 14.1. The van der Waals surface area contributed by atoms with Crippen molar-refractivity contribution in [2.24, 2.45) is 0 Å². The molecular formula is C58H42F2N2O. The van der Waals surface area contributed by atoms with Crippen molar-refractivity contribution < 1.29 is 13.2 Å². The maximum Gasteiger partial charge on any atom is 0.147 e. The van der Waals surface area contributed by atoms with Crippen LogP contribution in [-0.4, -0.2) is 0 Å². The molecule has 0 bridgehead atoms. The fourth-order valence-corrected chi connectivity index (χ4v) is 10.6. The van der Waals surface area contributed by atoms with E-state index in [1.54, 1.807) is 12.1 Å². The molecule has 0 atom stereocenters. The molecule has 0 spiro atoms. The lowest BCUT2D eigenvalue weighted by molar-refractivity contribution is 0.628. The van der Waals surface area contributed by atoms with E-state index < -0.39 is 0 Å². The summed E-state index contributed by atoms with van der Waals surface area (Å²) in [5.41, 5.74) is 15.1. The smallest absolute Gasteiger partial charge is 0.147 e. The Labute approximate surface area is 365 Å². The van der Waals surface area contributed by atoms with E-state index in [1.165, 1.54) is 45.5 Å². The first-order valence-electron chi connectivity index (χ1n) is 21.6. The molecule has 0 radical (unpaired) electrons. The van der Waals surface area contributed by atoms with Crippen LogP contribution in [0.2, 0.25) is 0 Å². The Balaban J connectivity index is 1.01. The molecule has 0 saturated carbocycles. The lowest BCUT2D eigenvalue weighted by Crippen LogP contribution is -2.15. The van der Waals surface area contributed by atoms with Crippen LogP contribution in [0.25, 0.3) is 55.0 Å². The number of para-hydroxylation sites is 2. The molecule has 304 valence electrons. The van der Waals surface area contributed by atoms with Gasteiger partial charge in [-0.05, 0) is 129 Å². The molecule has 0 unspecified atom stereocenters. The molecule has 12 rings (SSSR count). The summed E-state index contributed by atoms with van der Waals surface area (Å²) >= 11 is 0. The van der Waals surface area contributed by atoms with Crippen molar-refractivity contribution in [1.82, 2.24) is 0 Å². The molecule has 2 aliphatic carbocycles. The second-order valence-corrected chi connectivity index (χ2v) is 18.0. The summed E-state index contributed by atoms with van der Waals surface area (Å²) in [6, 6.07) is 60.5. The Morgan fingerprint density at radius 3 is 1.38 bits per heavy atom. The molecular weight excluding hydrogens is 779 g/mol. The number of halogens is 2. The van der Waals surface area contributed by atoms with E-state index in [4.69, 9.17) is 4.42 Å². The highest BCUT2D eigenvalue weighted by atomic mass is 19.1. The van der Waals surface area contributed by atoms with Crippen LogP contribution in [-0.2, 0) is 10.8 Å². The van der Waals surface area contributed by atoms with Crippen LogP contribution in [0.15, 0.2) is 186 Å². The third kappa shape index (κ3) is 5.48. The van der Waals surface area contributed by atoms with Crippen molar-refractivity contribution in [1.29, 1.82) is 0 Å². The van der Waals surface area contributed by atoms with Crippen LogP contribution in [0, 0.1) is 11.6 Å². The zero-order chi connectivity index (χ0) is 42.8. The Bertz CT molecular complexity index is 3520. The van der Waals surface area contributed by atoms with Gasteiger partial charge in [0.25, 0.3) is 0 Å². The topological polar surface area (TPSA) is 19.6 Å². The predicted molar refractivity (Wildman–Crippen MR) is 256 cm³/mol. The number of hydrogen-bond donors (Lipinski definition) is 0. The number of benzene rings is 9. The van der Waals surface area contributed by atoms with E-state index in [-0.39, 0.29) is 22.5 Å². The van der Waals surface area contributed by atoms with Crippen molar-refractivity contribution in [3.63, 3.8) is 0 Å². The van der Waals surface area contributed by atoms with Gasteiger partial charge in [-0.2, -0.15) is 0 Å². The SMILES string of the molecule is CC1(C)c2ccccc2-c2cc(N(c3ccc4c(c3)oc3c5cc(N(c6ccc7c(c6)-c6ccccc6C7(C)C)c6ccccc6F)ccc5ccc43)c3ccccc3F)ccc21. The van der Waals surface area contributed by atoms with Gasteiger partial charge in [-0.25, -0.2) is 8.78 Å². The van der Waals surface area contributed by atoms with Crippen molar-refractivity contribution in [2.75, 3.05) is 9.80 Å². The third-order valence-electron chi connectivity index (χ3n) is 13.8. The number of fused-ring (bicyclic) bond motifs is 11. The number of rotatable bonds is 6. The van der Waals surface area contributed by atoms with Crippen molar-refractivity contribution in [3.8, 4) is 22.3 Å². The highest BCUT2D eigenvalue weighted by Crippen LogP contribution is 2.53. The van der Waals surface area contributed by atoms with Gasteiger partial charge in [0.2, 0.25) is 0 Å². The summed E-state index contributed by atoms with van der Waals surface area (Å²) in [5.74, 6) is -0.637. The first kappa shape index (κ1) is 37.3. The van der Waals surface area contributed by atoms with Gasteiger partial charge in [0.05, 0.1) is 11.4 Å². The second kappa shape index (κ2) is 13.5. The molecule has 63 heavy (non-hydrogen) atoms. The minimum atomic E-state index is -0.322. The van der Waals surface area contributed by atoms with E-state index in [1.807, 2.05) is 46.2 Å². The van der Waals surface area contributed by atoms with Crippen LogP contribution < -0.4 is 9.80 Å². The van der Waals surface area contributed by atoms with E-state index in [9.17, 15) is 0 Å². The Morgan fingerprint density at radius 2 is 0.810 bits per heavy atom. The van der Waals surface area contributed by atoms with Crippen LogP contribution in [0.1, 0.15) is 49.9 Å². The molecule has 0 N–H and O–H groups in total. The largest absolute Gasteiger partial charge is 0.455 e. The molecule has 10 aromatic rings. The molecule has 9 aromatic carbocycles. The van der Waals surface area contributed by atoms with Crippen molar-refractivity contribution in [3.05, 3.63) is 216 Å². The van der Waals surface area contributed by atoms with Gasteiger partial charge in [-0.1, -0.05) is 125 Å². The zero-order valence-electron chi connectivity index (χ0n) is 35.4. The Kier molecular flexibility index (Phi) is 7.99. The summed E-state index contributed by atoms with van der Waals surface area (Å²) in [6.07, 6.45) is 0. The highest BCUT2D eigenvalue weighted by Gasteiger charge is 2.37. The Hall–Kier alpha value is -7.50. The lowest BCUT2D eigenvalue weighted by Gasteiger charge is -2.27. The van der Waals surface area contributed by atoms with E-state index in [0.29, 0.717) is 17.0 Å². The van der Waals surface area contributed by atoms with E-state index in [0.717, 1.165) is 61.0 Å². The average Bonchev–Trinajstić information content (AvgIpc) is 3.87. The molecule has 0 aliphatic heterocycles. The minimum Gasteiger partial charge on any atom is -0.455 e. The number of furan rings is 1. The summed E-state index contributed by atoms with van der Waals surface area (Å²) < 4.78 is 38.8. The molecule has 0 saturated heterocycles. The first-order valence-corrected chi connectivity index (χ1v) is 21.6. The quantitative estimate of drug-likeness (QED) is 0.167. The fourth-order valence-electron chi connectivity index (χ4n) is 10.6. The standard InChI is InChI=1S/C58H42F2N2O/c1-57(2)47-15-7-5-13-40(47)45-32-37(25-29-49(45)57)61(53-19-11-9-17-51(53)59)36-23-21-35-22-27-43-42-28-24-39(34-55(42)63-56(43)44(35)31-36)62(54-20-12-10-18-52(54)60)38-26-30-50-46(33-38)41-14-6-8-16-48(41)58(50,3)4/h5-34H,1-4H3. The maximum atomic E-state index is 16.0. The van der Waals surface area contributed by atoms with Crippen molar-refractivity contribution in [2.45, 2.75) is 38.5 Å². The molecule has 0 amide bonds. The zero-order valence-corrected chi connectivity index (χ0v) is 35.4. The molecule has 0 fully saturated rings. The molecule has 2 aliphatic rings. The van der Waals surface area contributed by atoms with Gasteiger partial charge in [0.1, 0.15) is 22.8 Å². The summed E-state index contributed by atoms with van der Waals surface area (Å²) in [5, 5.41) is 3.81. The molecule has 3 nitrogen and oxygen atoms in total. The highest BCUT2D eigenvalue weighted by molar-refractivity contribution is 6.16. The molecule has 1 aromatic heterocycles. The number of nitrogens with zero attached hydrogens (tertiary/aromatic N) is 2. The summed E-state index contributed by atoms with van der Waals surface area (Å²) in [7, 11) is 0. The first-order chi connectivity index (χ1) is 30.6. The summed E-state index contributed by atoms with van der Waals surface area (Å²) in [6.45, 7) is 9.05. The van der Waals surface area contributed by atoms with Crippen LogP contribution in [0.5, 0.6) is 0 Å². The molecule has 5 heteroatoms. The third-order valence-corrected chi connectivity index (χ3v) is 13.8. The van der Waals surface area contributed by atoms with Crippen molar-refractivity contribution >= 4 is 66.8 Å². The van der Waals surface area contributed by atoms with Gasteiger partial charge in [0, 0.05) is 55.8 Å². The van der Waals surface area contributed by atoms with Gasteiger partial charge >= 0.3 is 0 Å².